The fourth-order valence-electron chi connectivity index (χ4n) is 3.16. The fourth-order valence-corrected chi connectivity index (χ4v) is 3.16. The van der Waals surface area contributed by atoms with Crippen LogP contribution in [0, 0.1) is 11.8 Å². The van der Waals surface area contributed by atoms with Crippen molar-refractivity contribution in [2.75, 3.05) is 0 Å². The smallest absolute Gasteiger partial charge is 0.157 e. The van der Waals surface area contributed by atoms with E-state index in [1.54, 1.807) is 12.1 Å². The van der Waals surface area contributed by atoms with Crippen LogP contribution in [-0.2, 0) is 4.74 Å². The van der Waals surface area contributed by atoms with Crippen molar-refractivity contribution in [2.45, 2.75) is 26.1 Å². The molecule has 0 bridgehead atoms. The Balaban J connectivity index is 1.91. The third kappa shape index (κ3) is 2.68. The van der Waals surface area contributed by atoms with Crippen molar-refractivity contribution < 1.29 is 25.2 Å². The molecule has 5 heteroatoms. The number of ether oxygens (including phenoxy) is 1. The van der Waals surface area contributed by atoms with E-state index in [1.807, 2.05) is 0 Å². The van der Waals surface area contributed by atoms with Crippen LogP contribution in [0.15, 0.2) is 36.4 Å². The predicted molar refractivity (Wildman–Crippen MR) is 84.4 cm³/mol. The van der Waals surface area contributed by atoms with E-state index in [-0.39, 0.29) is 47.0 Å². The summed E-state index contributed by atoms with van der Waals surface area (Å²) in [6.45, 7) is 4.14. The Morgan fingerprint density at radius 2 is 1.04 bits per heavy atom. The van der Waals surface area contributed by atoms with Crippen molar-refractivity contribution in [3.63, 3.8) is 0 Å². The Labute approximate surface area is 134 Å². The highest BCUT2D eigenvalue weighted by Crippen LogP contribution is 2.50. The molecular formula is C18H20O5. The normalized spacial score (nSPS) is 27.2. The minimum absolute atomic E-state index is 0.160. The van der Waals surface area contributed by atoms with Gasteiger partial charge in [0.25, 0.3) is 0 Å². The first-order valence-electron chi connectivity index (χ1n) is 7.57. The molecule has 0 spiro atoms. The lowest BCUT2D eigenvalue weighted by Crippen LogP contribution is -2.09. The summed E-state index contributed by atoms with van der Waals surface area (Å²) in [7, 11) is 0. The average Bonchev–Trinajstić information content (AvgIpc) is 2.81. The third-order valence-corrected chi connectivity index (χ3v) is 4.73. The summed E-state index contributed by atoms with van der Waals surface area (Å²) in [4.78, 5) is 0. The Hall–Kier alpha value is -2.40. The van der Waals surface area contributed by atoms with Gasteiger partial charge in [0.15, 0.2) is 23.0 Å². The minimum atomic E-state index is -0.225. The Morgan fingerprint density at radius 3 is 1.39 bits per heavy atom. The lowest BCUT2D eigenvalue weighted by molar-refractivity contribution is 0.0288. The first-order valence-corrected chi connectivity index (χ1v) is 7.57. The van der Waals surface area contributed by atoms with Crippen molar-refractivity contribution >= 4 is 0 Å². The highest BCUT2D eigenvalue weighted by Gasteiger charge is 2.40. The second kappa shape index (κ2) is 5.66. The zero-order chi connectivity index (χ0) is 16.7. The van der Waals surface area contributed by atoms with Crippen molar-refractivity contribution in [3.05, 3.63) is 47.5 Å². The molecule has 5 nitrogen and oxygen atoms in total. The van der Waals surface area contributed by atoms with Crippen molar-refractivity contribution in [2.24, 2.45) is 11.8 Å². The van der Waals surface area contributed by atoms with Crippen LogP contribution in [-0.4, -0.2) is 20.4 Å². The predicted octanol–water partition coefficient (Wildman–Crippen LogP) is 3.59. The second-order valence-electron chi connectivity index (χ2n) is 6.19. The van der Waals surface area contributed by atoms with Crippen LogP contribution < -0.4 is 0 Å². The molecule has 122 valence electrons. The van der Waals surface area contributed by atoms with E-state index in [4.69, 9.17) is 4.74 Å². The molecular weight excluding hydrogens is 296 g/mol. The summed E-state index contributed by atoms with van der Waals surface area (Å²) >= 11 is 0. The maximum absolute atomic E-state index is 9.70. The molecule has 1 saturated heterocycles. The fraction of sp³-hybridized carbons (Fsp3) is 0.333. The van der Waals surface area contributed by atoms with Gasteiger partial charge in [-0.1, -0.05) is 26.0 Å². The SMILES string of the molecule is C[C@@H]1[C@H](C)[C@H](c2ccc(O)c(O)c2)O[C@@H]1c1ccc(O)c(O)c1. The maximum atomic E-state index is 9.70. The molecule has 4 atom stereocenters. The molecule has 0 aromatic heterocycles. The van der Waals surface area contributed by atoms with Gasteiger partial charge in [0, 0.05) is 0 Å². The van der Waals surface area contributed by atoms with Gasteiger partial charge < -0.3 is 25.2 Å². The molecule has 1 aliphatic heterocycles. The van der Waals surface area contributed by atoms with Gasteiger partial charge in [0.2, 0.25) is 0 Å². The molecule has 3 rings (SSSR count). The number of aromatic hydroxyl groups is 4. The maximum Gasteiger partial charge on any atom is 0.157 e. The first-order chi connectivity index (χ1) is 10.9. The van der Waals surface area contributed by atoms with Gasteiger partial charge in [-0.3, -0.25) is 0 Å². The van der Waals surface area contributed by atoms with E-state index in [9.17, 15) is 20.4 Å². The van der Waals surface area contributed by atoms with Crippen LogP contribution in [0.5, 0.6) is 23.0 Å². The number of rotatable bonds is 2. The summed E-state index contributed by atoms with van der Waals surface area (Å²) in [5, 5.41) is 38.3. The van der Waals surface area contributed by atoms with Gasteiger partial charge in [0.1, 0.15) is 0 Å². The zero-order valence-corrected chi connectivity index (χ0v) is 13.0. The number of phenols is 4. The lowest BCUT2D eigenvalue weighted by Gasteiger charge is -2.17. The van der Waals surface area contributed by atoms with Crippen LogP contribution >= 0.6 is 0 Å². The monoisotopic (exact) mass is 316 g/mol. The van der Waals surface area contributed by atoms with Gasteiger partial charge >= 0.3 is 0 Å². The molecule has 0 amide bonds. The highest BCUT2D eigenvalue weighted by atomic mass is 16.5. The molecule has 1 heterocycles. The quantitative estimate of drug-likeness (QED) is 0.636. The topological polar surface area (TPSA) is 90.2 Å². The minimum Gasteiger partial charge on any atom is -0.504 e. The van der Waals surface area contributed by atoms with E-state index in [2.05, 4.69) is 13.8 Å². The Kier molecular flexibility index (Phi) is 3.82. The van der Waals surface area contributed by atoms with E-state index in [1.165, 1.54) is 24.3 Å². The van der Waals surface area contributed by atoms with Gasteiger partial charge in [-0.15, -0.1) is 0 Å². The van der Waals surface area contributed by atoms with Gasteiger partial charge in [0.05, 0.1) is 12.2 Å². The molecule has 2 aromatic carbocycles. The number of hydrogen-bond donors (Lipinski definition) is 4. The second-order valence-corrected chi connectivity index (χ2v) is 6.19. The van der Waals surface area contributed by atoms with Gasteiger partial charge in [-0.05, 0) is 47.2 Å². The van der Waals surface area contributed by atoms with E-state index >= 15 is 0 Å². The molecule has 4 N–H and O–H groups in total. The molecule has 0 saturated carbocycles. The molecule has 1 aliphatic rings. The van der Waals surface area contributed by atoms with Crippen LogP contribution in [0.2, 0.25) is 0 Å². The van der Waals surface area contributed by atoms with Gasteiger partial charge in [-0.25, -0.2) is 0 Å². The molecule has 0 radical (unpaired) electrons. The first kappa shape index (κ1) is 15.5. The van der Waals surface area contributed by atoms with Crippen molar-refractivity contribution in [3.8, 4) is 23.0 Å². The van der Waals surface area contributed by atoms with Crippen LogP contribution in [0.25, 0.3) is 0 Å². The highest BCUT2D eigenvalue weighted by molar-refractivity contribution is 5.43. The molecule has 0 unspecified atom stereocenters. The largest absolute Gasteiger partial charge is 0.504 e. The summed E-state index contributed by atoms with van der Waals surface area (Å²) in [6.07, 6.45) is -0.449. The standard InChI is InChI=1S/C18H20O5/c1-9-10(2)18(12-4-6-14(20)16(22)8-12)23-17(9)11-3-5-13(19)15(21)7-11/h3-10,17-22H,1-2H3/t9-,10+,17+,18-. The Morgan fingerprint density at radius 1 is 0.652 bits per heavy atom. The average molecular weight is 316 g/mol. The van der Waals surface area contributed by atoms with Crippen molar-refractivity contribution in [1.82, 2.24) is 0 Å². The van der Waals surface area contributed by atoms with E-state index < -0.39 is 0 Å². The summed E-state index contributed by atoms with van der Waals surface area (Å²) in [5.74, 6) is -0.298. The summed E-state index contributed by atoms with van der Waals surface area (Å²) in [6, 6.07) is 9.40. The third-order valence-electron chi connectivity index (χ3n) is 4.73. The van der Waals surface area contributed by atoms with E-state index in [0.717, 1.165) is 11.1 Å². The lowest BCUT2D eigenvalue weighted by atomic mass is 9.85. The molecule has 23 heavy (non-hydrogen) atoms. The Bertz CT molecular complexity index is 666. The van der Waals surface area contributed by atoms with Crippen molar-refractivity contribution in [1.29, 1.82) is 0 Å². The number of phenolic OH excluding ortho intramolecular Hbond substituents is 4. The van der Waals surface area contributed by atoms with Crippen LogP contribution in [0.3, 0.4) is 0 Å². The van der Waals surface area contributed by atoms with Gasteiger partial charge in [-0.2, -0.15) is 0 Å². The van der Waals surface area contributed by atoms with Crippen LogP contribution in [0.4, 0.5) is 0 Å². The van der Waals surface area contributed by atoms with Crippen LogP contribution in [0.1, 0.15) is 37.2 Å². The summed E-state index contributed by atoms with van der Waals surface area (Å²) in [5.41, 5.74) is 1.59. The molecule has 0 aliphatic carbocycles. The molecule has 2 aromatic rings. The zero-order valence-electron chi connectivity index (χ0n) is 13.0. The number of hydrogen-bond acceptors (Lipinski definition) is 5. The molecule has 1 fully saturated rings. The summed E-state index contributed by atoms with van der Waals surface area (Å²) < 4.78 is 6.16. The van der Waals surface area contributed by atoms with E-state index in [0.29, 0.717) is 0 Å². The number of benzene rings is 2.